The molecule has 1 aliphatic rings. The van der Waals surface area contributed by atoms with Gasteiger partial charge in [-0.15, -0.1) is 23.2 Å². The lowest BCUT2D eigenvalue weighted by atomic mass is 10.1. The summed E-state index contributed by atoms with van der Waals surface area (Å²) in [6, 6.07) is 11.1. The van der Waals surface area contributed by atoms with Crippen molar-refractivity contribution in [2.45, 2.75) is 17.2 Å². The van der Waals surface area contributed by atoms with Crippen molar-refractivity contribution >= 4 is 104 Å². The number of nitrogens with one attached hydrogen (secondary N) is 3. The van der Waals surface area contributed by atoms with Gasteiger partial charge in [-0.2, -0.15) is 0 Å². The summed E-state index contributed by atoms with van der Waals surface area (Å²) in [6.07, 6.45) is 0. The van der Waals surface area contributed by atoms with Gasteiger partial charge in [0.25, 0.3) is 5.91 Å². The molecular weight excluding hydrogens is 622 g/mol. The van der Waals surface area contributed by atoms with Crippen LogP contribution < -0.4 is 16.0 Å². The lowest BCUT2D eigenvalue weighted by Gasteiger charge is -2.11. The molecule has 2 unspecified atom stereocenters. The van der Waals surface area contributed by atoms with E-state index in [4.69, 9.17) is 69.6 Å². The summed E-state index contributed by atoms with van der Waals surface area (Å²) in [5, 5.41) is 8.15. The van der Waals surface area contributed by atoms with Crippen LogP contribution in [0.3, 0.4) is 0 Å². The fraction of sp³-hybridized carbons (Fsp3) is 0.160. The van der Waals surface area contributed by atoms with E-state index in [0.717, 1.165) is 6.07 Å². The monoisotopic (exact) mass is 635 g/mol. The first-order valence-electron chi connectivity index (χ1n) is 10.8. The first-order valence-corrected chi connectivity index (χ1v) is 13.1. The van der Waals surface area contributed by atoms with Gasteiger partial charge in [-0.1, -0.05) is 46.4 Å². The highest BCUT2D eigenvalue weighted by Crippen LogP contribution is 2.65. The van der Waals surface area contributed by atoms with Gasteiger partial charge in [0.1, 0.15) is 10.2 Å². The first kappa shape index (κ1) is 28.7. The second kappa shape index (κ2) is 11.1. The zero-order valence-corrected chi connectivity index (χ0v) is 23.7. The molecule has 1 aliphatic carbocycles. The van der Waals surface area contributed by atoms with E-state index in [-0.39, 0.29) is 48.6 Å². The third-order valence-electron chi connectivity index (χ3n) is 5.72. The molecule has 0 aliphatic heterocycles. The summed E-state index contributed by atoms with van der Waals surface area (Å²) in [5.74, 6) is -3.86. The molecule has 1 saturated carbocycles. The van der Waals surface area contributed by atoms with Gasteiger partial charge in [-0.25, -0.2) is 4.39 Å². The van der Waals surface area contributed by atoms with E-state index >= 15 is 0 Å². The number of alkyl halides is 2. The molecule has 4 rings (SSSR count). The van der Waals surface area contributed by atoms with Crippen LogP contribution in [0.4, 0.5) is 21.5 Å². The Morgan fingerprint density at radius 3 is 2.03 bits per heavy atom. The minimum Gasteiger partial charge on any atom is -0.326 e. The number of halogens is 7. The van der Waals surface area contributed by atoms with Gasteiger partial charge in [0, 0.05) is 24.2 Å². The van der Waals surface area contributed by atoms with E-state index < -0.39 is 33.8 Å². The van der Waals surface area contributed by atoms with E-state index in [1.165, 1.54) is 37.3 Å². The Labute approximate surface area is 246 Å². The minimum absolute atomic E-state index is 0.0265. The Morgan fingerprint density at radius 1 is 0.816 bits per heavy atom. The molecule has 0 radical (unpaired) electrons. The molecule has 2 atom stereocenters. The Bertz CT molecular complexity index is 1460. The normalized spacial score (nSPS) is 17.5. The summed E-state index contributed by atoms with van der Waals surface area (Å²) < 4.78 is 13.0. The van der Waals surface area contributed by atoms with Crippen molar-refractivity contribution in [3.05, 3.63) is 85.6 Å². The summed E-state index contributed by atoms with van der Waals surface area (Å²) in [7, 11) is 0. The molecule has 6 nitrogen and oxygen atoms in total. The molecule has 3 aromatic carbocycles. The minimum atomic E-state index is -1.43. The highest BCUT2D eigenvalue weighted by Gasteiger charge is 2.67. The predicted molar refractivity (Wildman–Crippen MR) is 151 cm³/mol. The number of rotatable bonds is 6. The molecule has 0 heterocycles. The lowest BCUT2D eigenvalue weighted by Crippen LogP contribution is -2.18. The smallest absolute Gasteiger partial charge is 0.257 e. The van der Waals surface area contributed by atoms with Crippen LogP contribution in [0.5, 0.6) is 0 Å². The van der Waals surface area contributed by atoms with E-state index in [9.17, 15) is 18.8 Å². The third kappa shape index (κ3) is 5.98. The molecule has 0 bridgehead atoms. The maximum atomic E-state index is 14.4. The molecule has 0 spiro atoms. The van der Waals surface area contributed by atoms with E-state index in [2.05, 4.69) is 16.0 Å². The maximum Gasteiger partial charge on any atom is 0.257 e. The molecule has 1 fully saturated rings. The number of hydrogen-bond donors (Lipinski definition) is 3. The van der Waals surface area contributed by atoms with Gasteiger partial charge >= 0.3 is 0 Å². The van der Waals surface area contributed by atoms with Gasteiger partial charge in [-0.3, -0.25) is 14.4 Å². The fourth-order valence-electron chi connectivity index (χ4n) is 3.91. The van der Waals surface area contributed by atoms with Gasteiger partial charge in [0.05, 0.1) is 37.3 Å². The second-order valence-electron chi connectivity index (χ2n) is 8.44. The number of carbonyl (C=O) groups excluding carboxylic acids is 3. The van der Waals surface area contributed by atoms with Gasteiger partial charge in [0.15, 0.2) is 0 Å². The lowest BCUT2D eigenvalue weighted by molar-refractivity contribution is -0.117. The zero-order chi connectivity index (χ0) is 27.9. The molecule has 13 heteroatoms. The molecule has 0 aromatic heterocycles. The molecular formula is C25H16Cl6FN3O3. The van der Waals surface area contributed by atoms with Crippen LogP contribution in [0.1, 0.15) is 28.8 Å². The Hall–Kier alpha value is -2.26. The molecule has 3 amide bonds. The van der Waals surface area contributed by atoms with Crippen LogP contribution >= 0.6 is 69.6 Å². The van der Waals surface area contributed by atoms with Gasteiger partial charge < -0.3 is 16.0 Å². The quantitative estimate of drug-likeness (QED) is 0.188. The molecule has 38 heavy (non-hydrogen) atoms. The third-order valence-corrected chi connectivity index (χ3v) is 8.18. The SMILES string of the molecule is CC(=O)Nc1ccc(NC(=O)c2cc(NC(=O)C3C(c4cc(Cl)c(Cl)c(Cl)c4)C3(Cl)Cl)ccc2Cl)c(F)c1. The van der Waals surface area contributed by atoms with Crippen LogP contribution in [-0.4, -0.2) is 22.1 Å². The highest BCUT2D eigenvalue weighted by atomic mass is 35.5. The summed E-state index contributed by atoms with van der Waals surface area (Å²) >= 11 is 37.2. The van der Waals surface area contributed by atoms with Crippen LogP contribution in [-0.2, 0) is 9.59 Å². The molecule has 198 valence electrons. The summed E-state index contributed by atoms with van der Waals surface area (Å²) in [6.45, 7) is 1.29. The zero-order valence-electron chi connectivity index (χ0n) is 19.1. The average molecular weight is 638 g/mol. The van der Waals surface area contributed by atoms with Crippen LogP contribution in [0.2, 0.25) is 20.1 Å². The van der Waals surface area contributed by atoms with Crippen molar-refractivity contribution in [3.8, 4) is 0 Å². The van der Waals surface area contributed by atoms with Crippen molar-refractivity contribution < 1.29 is 18.8 Å². The topological polar surface area (TPSA) is 87.3 Å². The van der Waals surface area contributed by atoms with Crippen LogP contribution in [0.15, 0.2) is 48.5 Å². The van der Waals surface area contributed by atoms with Crippen molar-refractivity contribution in [1.29, 1.82) is 0 Å². The Balaban J connectivity index is 1.50. The van der Waals surface area contributed by atoms with Crippen molar-refractivity contribution in [1.82, 2.24) is 0 Å². The van der Waals surface area contributed by atoms with Crippen LogP contribution in [0, 0.1) is 11.7 Å². The number of hydrogen-bond acceptors (Lipinski definition) is 3. The van der Waals surface area contributed by atoms with Crippen molar-refractivity contribution in [2.75, 3.05) is 16.0 Å². The van der Waals surface area contributed by atoms with Crippen LogP contribution in [0.25, 0.3) is 0 Å². The second-order valence-corrected chi connectivity index (χ2v) is 11.5. The van der Waals surface area contributed by atoms with Gasteiger partial charge in [0.2, 0.25) is 11.8 Å². The molecule has 3 aromatic rings. The van der Waals surface area contributed by atoms with Gasteiger partial charge in [-0.05, 0) is 54.1 Å². The standard InChI is InChI=1S/C25H16Cl6FN3O3/c1-10(36)33-13-3-5-19(18(32)9-13)35-23(37)14-8-12(2-4-15(14)26)34-24(38)21-20(25(21,30)31)11-6-16(27)22(29)17(28)7-11/h2-9,20-21H,1H3,(H,33,36)(H,34,38)(H,35,37). The highest BCUT2D eigenvalue weighted by molar-refractivity contribution is 6.54. The number of benzene rings is 3. The van der Waals surface area contributed by atoms with E-state index in [1.807, 2.05) is 0 Å². The summed E-state index contributed by atoms with van der Waals surface area (Å²) in [5.41, 5.74) is 0.836. The van der Waals surface area contributed by atoms with Crippen molar-refractivity contribution in [2.24, 2.45) is 5.92 Å². The first-order chi connectivity index (χ1) is 17.8. The molecule has 0 saturated heterocycles. The van der Waals surface area contributed by atoms with E-state index in [0.29, 0.717) is 5.56 Å². The predicted octanol–water partition coefficient (Wildman–Crippen LogP) is 8.18. The summed E-state index contributed by atoms with van der Waals surface area (Å²) in [4.78, 5) is 37.0. The van der Waals surface area contributed by atoms with Crippen molar-refractivity contribution in [3.63, 3.8) is 0 Å². The Morgan fingerprint density at radius 2 is 1.42 bits per heavy atom. The average Bonchev–Trinajstić information content (AvgIpc) is 3.41. The number of amides is 3. The molecule has 3 N–H and O–H groups in total. The number of anilines is 3. The largest absolute Gasteiger partial charge is 0.326 e. The fourth-order valence-corrected chi connectivity index (χ4v) is 5.55. The Kier molecular flexibility index (Phi) is 8.38. The number of carbonyl (C=O) groups is 3. The maximum absolute atomic E-state index is 14.4. The van der Waals surface area contributed by atoms with E-state index in [1.54, 1.807) is 12.1 Å².